The largest absolute Gasteiger partial charge is 0.344 e. The average molecular weight is 407 g/mol. The number of amides is 2. The van der Waals surface area contributed by atoms with Gasteiger partial charge in [0, 0.05) is 10.9 Å². The van der Waals surface area contributed by atoms with Gasteiger partial charge in [-0.1, -0.05) is 13.3 Å². The van der Waals surface area contributed by atoms with E-state index in [1.807, 2.05) is 0 Å². The third-order valence-corrected chi connectivity index (χ3v) is 5.75. The molecule has 1 atom stereocenters. The van der Waals surface area contributed by atoms with Crippen molar-refractivity contribution in [2.45, 2.75) is 57.9 Å². The Balaban J connectivity index is 1.59. The van der Waals surface area contributed by atoms with Gasteiger partial charge in [-0.15, -0.1) is 11.3 Å². The van der Waals surface area contributed by atoms with E-state index >= 15 is 0 Å². The predicted molar refractivity (Wildman–Crippen MR) is 104 cm³/mol. The molecule has 5 nitrogen and oxygen atoms in total. The zero-order valence-corrected chi connectivity index (χ0v) is 16.5. The van der Waals surface area contributed by atoms with Crippen LogP contribution >= 0.6 is 11.3 Å². The molecule has 1 aromatic carbocycles. The number of nitrogens with one attached hydrogen (secondary N) is 2. The molecule has 1 aliphatic carbocycles. The first-order valence-corrected chi connectivity index (χ1v) is 10.3. The van der Waals surface area contributed by atoms with Gasteiger partial charge >= 0.3 is 0 Å². The number of carbonyl (C=O) groups excluding carboxylic acids is 2. The highest BCUT2D eigenvalue weighted by atomic mass is 32.1. The molecule has 1 heterocycles. The van der Waals surface area contributed by atoms with Crippen molar-refractivity contribution in [3.05, 3.63) is 46.0 Å². The maximum absolute atomic E-state index is 13.3. The highest BCUT2D eigenvalue weighted by Crippen LogP contribution is 2.29. The van der Waals surface area contributed by atoms with E-state index in [1.165, 1.54) is 22.6 Å². The zero-order valence-electron chi connectivity index (χ0n) is 15.7. The van der Waals surface area contributed by atoms with Crippen molar-refractivity contribution in [1.29, 1.82) is 0 Å². The Kier molecular flexibility index (Phi) is 6.72. The van der Waals surface area contributed by atoms with E-state index in [0.717, 1.165) is 49.6 Å². The Labute approximate surface area is 166 Å². The van der Waals surface area contributed by atoms with Crippen LogP contribution in [0.1, 0.15) is 48.7 Å². The molecule has 28 heavy (non-hydrogen) atoms. The van der Waals surface area contributed by atoms with E-state index in [4.69, 9.17) is 0 Å². The summed E-state index contributed by atoms with van der Waals surface area (Å²) < 4.78 is 26.5. The minimum absolute atomic E-state index is 0.204. The summed E-state index contributed by atoms with van der Waals surface area (Å²) >= 11 is 1.49. The lowest BCUT2D eigenvalue weighted by Crippen LogP contribution is -2.44. The number of hydrogen-bond donors (Lipinski definition) is 2. The van der Waals surface area contributed by atoms with Gasteiger partial charge in [0.2, 0.25) is 11.8 Å². The average Bonchev–Trinajstić information content (AvgIpc) is 2.86. The monoisotopic (exact) mass is 407 g/mol. The number of nitrogens with zero attached hydrogens (tertiary/aromatic N) is 1. The summed E-state index contributed by atoms with van der Waals surface area (Å²) in [5.41, 5.74) is 1.27. The van der Waals surface area contributed by atoms with E-state index in [9.17, 15) is 18.4 Å². The summed E-state index contributed by atoms with van der Waals surface area (Å²) in [7, 11) is 0. The Morgan fingerprint density at radius 2 is 1.86 bits per heavy atom. The van der Waals surface area contributed by atoms with E-state index in [2.05, 4.69) is 15.6 Å². The fourth-order valence-corrected chi connectivity index (χ4v) is 4.32. The number of aryl methyl sites for hydroxylation is 2. The molecule has 1 unspecified atom stereocenters. The molecule has 8 heteroatoms. The second-order valence-electron chi connectivity index (χ2n) is 6.92. The van der Waals surface area contributed by atoms with Gasteiger partial charge in [0.1, 0.15) is 17.7 Å². The van der Waals surface area contributed by atoms with E-state index in [1.54, 1.807) is 6.92 Å². The van der Waals surface area contributed by atoms with Gasteiger partial charge in [0.05, 0.1) is 12.1 Å². The lowest BCUT2D eigenvalue weighted by Gasteiger charge is -2.16. The van der Waals surface area contributed by atoms with Crippen molar-refractivity contribution in [2.75, 3.05) is 5.32 Å². The Morgan fingerprint density at radius 1 is 1.14 bits per heavy atom. The summed E-state index contributed by atoms with van der Waals surface area (Å²) in [4.78, 5) is 30.5. The topological polar surface area (TPSA) is 71.1 Å². The first-order chi connectivity index (χ1) is 13.4. The van der Waals surface area contributed by atoms with Crippen molar-refractivity contribution in [3.8, 4) is 0 Å². The van der Waals surface area contributed by atoms with Crippen LogP contribution in [0, 0.1) is 11.6 Å². The van der Waals surface area contributed by atoms with E-state index in [0.29, 0.717) is 11.6 Å². The second-order valence-corrected chi connectivity index (χ2v) is 8.01. The van der Waals surface area contributed by atoms with Gasteiger partial charge in [-0.2, -0.15) is 0 Å². The molecular formula is C20H23F2N3O2S. The summed E-state index contributed by atoms with van der Waals surface area (Å²) in [6.07, 6.45) is 5.55. The normalized spacial score (nSPS) is 14.7. The number of thiazole rings is 1. The van der Waals surface area contributed by atoms with Crippen LogP contribution in [0.15, 0.2) is 18.2 Å². The number of halogens is 2. The van der Waals surface area contributed by atoms with E-state index in [-0.39, 0.29) is 17.9 Å². The van der Waals surface area contributed by atoms with Crippen LogP contribution in [0.2, 0.25) is 0 Å². The molecule has 0 saturated carbocycles. The molecule has 2 aromatic rings. The second kappa shape index (κ2) is 9.23. The number of hydrogen-bond acceptors (Lipinski definition) is 4. The molecular weight excluding hydrogens is 384 g/mol. The smallest absolute Gasteiger partial charge is 0.248 e. The van der Waals surface area contributed by atoms with Crippen LogP contribution in [-0.4, -0.2) is 22.8 Å². The standard InChI is InChI=1S/C20H23F2N3O2S/c1-2-15(23-18(26)10-12-8-13(21)11-14(22)9-12)19(27)25-20-24-16-6-4-3-5-7-17(16)28-20/h8-9,11,15H,2-7,10H2,1H3,(H,23,26)(H,24,25,27). The molecule has 1 aromatic heterocycles. The first kappa shape index (κ1) is 20.4. The quantitative estimate of drug-likeness (QED) is 0.716. The first-order valence-electron chi connectivity index (χ1n) is 9.48. The van der Waals surface area contributed by atoms with Gasteiger partial charge in [-0.05, 0) is 49.8 Å². The van der Waals surface area contributed by atoms with Crippen molar-refractivity contribution >= 4 is 28.3 Å². The number of fused-ring (bicyclic) bond motifs is 1. The van der Waals surface area contributed by atoms with Crippen molar-refractivity contribution in [2.24, 2.45) is 0 Å². The lowest BCUT2D eigenvalue weighted by molar-refractivity contribution is -0.126. The van der Waals surface area contributed by atoms with Gasteiger partial charge < -0.3 is 10.6 Å². The number of anilines is 1. The molecule has 1 aliphatic rings. The number of carbonyl (C=O) groups is 2. The molecule has 2 amide bonds. The van der Waals surface area contributed by atoms with Gasteiger partial charge in [-0.25, -0.2) is 13.8 Å². The van der Waals surface area contributed by atoms with Crippen LogP contribution in [0.5, 0.6) is 0 Å². The molecule has 150 valence electrons. The summed E-state index contributed by atoms with van der Waals surface area (Å²) in [6.45, 7) is 1.78. The van der Waals surface area contributed by atoms with Gasteiger partial charge in [0.15, 0.2) is 5.13 Å². The van der Waals surface area contributed by atoms with Crippen molar-refractivity contribution in [3.63, 3.8) is 0 Å². The third-order valence-electron chi connectivity index (χ3n) is 4.67. The lowest BCUT2D eigenvalue weighted by atomic mass is 10.1. The maximum atomic E-state index is 13.3. The van der Waals surface area contributed by atoms with Gasteiger partial charge in [-0.3, -0.25) is 9.59 Å². The molecule has 0 aliphatic heterocycles. The number of rotatable bonds is 6. The van der Waals surface area contributed by atoms with Crippen molar-refractivity contribution in [1.82, 2.24) is 10.3 Å². The van der Waals surface area contributed by atoms with Crippen LogP contribution in [0.25, 0.3) is 0 Å². The molecule has 0 saturated heterocycles. The summed E-state index contributed by atoms with van der Waals surface area (Å²) in [6, 6.07) is 2.22. The fourth-order valence-electron chi connectivity index (χ4n) is 3.27. The van der Waals surface area contributed by atoms with Crippen LogP contribution < -0.4 is 10.6 Å². The molecule has 0 spiro atoms. The summed E-state index contributed by atoms with van der Waals surface area (Å²) in [5.74, 6) is -2.29. The Bertz CT molecular complexity index is 825. The molecule has 0 fully saturated rings. The Hall–Kier alpha value is -2.35. The van der Waals surface area contributed by atoms with E-state index < -0.39 is 23.6 Å². The van der Waals surface area contributed by atoms with Crippen LogP contribution in [0.3, 0.4) is 0 Å². The third kappa shape index (κ3) is 5.34. The SMILES string of the molecule is CCC(NC(=O)Cc1cc(F)cc(F)c1)C(=O)Nc1nc2c(s1)CCCCC2. The zero-order chi connectivity index (χ0) is 20.1. The highest BCUT2D eigenvalue weighted by molar-refractivity contribution is 7.15. The highest BCUT2D eigenvalue weighted by Gasteiger charge is 2.22. The summed E-state index contributed by atoms with van der Waals surface area (Å²) in [5, 5.41) is 5.97. The number of aromatic nitrogens is 1. The minimum Gasteiger partial charge on any atom is -0.344 e. The molecule has 0 radical (unpaired) electrons. The van der Waals surface area contributed by atoms with Crippen LogP contribution in [-0.2, 0) is 28.9 Å². The molecule has 2 N–H and O–H groups in total. The van der Waals surface area contributed by atoms with Crippen LogP contribution in [0.4, 0.5) is 13.9 Å². The van der Waals surface area contributed by atoms with Crippen molar-refractivity contribution < 1.29 is 18.4 Å². The fraction of sp³-hybridized carbons (Fsp3) is 0.450. The Morgan fingerprint density at radius 3 is 2.57 bits per heavy atom. The number of benzene rings is 1. The predicted octanol–water partition coefficient (Wildman–Crippen LogP) is 3.77. The molecule has 0 bridgehead atoms. The minimum atomic E-state index is -0.741. The van der Waals surface area contributed by atoms with Gasteiger partial charge in [0.25, 0.3) is 0 Å². The molecule has 3 rings (SSSR count). The maximum Gasteiger partial charge on any atom is 0.248 e.